The molecule has 194 valence electrons. The van der Waals surface area contributed by atoms with Crippen molar-refractivity contribution in [3.63, 3.8) is 0 Å². The van der Waals surface area contributed by atoms with Crippen LogP contribution in [0.15, 0.2) is 0 Å². The van der Waals surface area contributed by atoms with Gasteiger partial charge in [-0.25, -0.2) is 0 Å². The first kappa shape index (κ1) is 43.3. The maximum Gasteiger partial charge on any atom is 0.414 e. The molecule has 4 atom stereocenters. The van der Waals surface area contributed by atoms with Gasteiger partial charge in [0.2, 0.25) is 0 Å². The monoisotopic (exact) mass is 536 g/mol. The molecule has 4 unspecified atom stereocenters. The summed E-state index contributed by atoms with van der Waals surface area (Å²) in [5.41, 5.74) is 0. The summed E-state index contributed by atoms with van der Waals surface area (Å²) in [4.78, 5) is 0. The van der Waals surface area contributed by atoms with Crippen LogP contribution in [0.2, 0.25) is 0 Å². The molecule has 7 nitrogen and oxygen atoms in total. The van der Waals surface area contributed by atoms with Gasteiger partial charge in [0.05, 0.1) is 0 Å². The fourth-order valence-corrected chi connectivity index (χ4v) is 0.957. The fraction of sp³-hybridized carbons (Fsp3) is 1.00. The zero-order valence-electron chi connectivity index (χ0n) is 13.9. The van der Waals surface area contributed by atoms with E-state index in [4.69, 9.17) is 20.4 Å². The van der Waals surface area contributed by atoms with E-state index in [1.807, 2.05) is 0 Å². The number of aliphatic hydroxyl groups is 4. The van der Waals surface area contributed by atoms with Crippen LogP contribution in [0.25, 0.3) is 0 Å². The van der Waals surface area contributed by atoms with Gasteiger partial charge in [-0.1, -0.05) is 0 Å². The first-order valence-corrected chi connectivity index (χ1v) is 6.09. The number of hydrogen-bond donors (Lipinski definition) is 4. The van der Waals surface area contributed by atoms with Crippen molar-refractivity contribution in [1.29, 1.82) is 0 Å². The number of halogens is 12. The molecular formula is C10H18F12NiO7. The van der Waals surface area contributed by atoms with Crippen molar-refractivity contribution in [2.24, 2.45) is 0 Å². The maximum absolute atomic E-state index is 11.5. The molecule has 30 heavy (non-hydrogen) atoms. The largest absolute Gasteiger partial charge is 0.414 e. The molecule has 0 saturated carbocycles. The molecule has 0 bridgehead atoms. The van der Waals surface area contributed by atoms with Crippen molar-refractivity contribution in [3.8, 4) is 0 Å². The Labute approximate surface area is 169 Å². The summed E-state index contributed by atoms with van der Waals surface area (Å²) in [6.07, 6.45) is -36.8. The number of aliphatic hydroxyl groups excluding tert-OH is 4. The van der Waals surface area contributed by atoms with E-state index in [1.54, 1.807) is 0 Å². The van der Waals surface area contributed by atoms with Gasteiger partial charge >= 0.3 is 24.7 Å². The van der Waals surface area contributed by atoms with Crippen LogP contribution in [0, 0.1) is 0 Å². The Hall–Kier alpha value is -0.626. The molecule has 20 heteroatoms. The summed E-state index contributed by atoms with van der Waals surface area (Å²) in [6.45, 7) is 0. The number of hydrogen-bond acceptors (Lipinski definition) is 4. The molecule has 0 saturated heterocycles. The van der Waals surface area contributed by atoms with Crippen molar-refractivity contribution >= 4 is 0 Å². The smallest absolute Gasteiger partial charge is 0.412 e. The molecule has 0 aromatic heterocycles. The van der Waals surface area contributed by atoms with Crippen molar-refractivity contribution in [3.05, 3.63) is 0 Å². The third-order valence-electron chi connectivity index (χ3n) is 2.40. The van der Waals surface area contributed by atoms with Gasteiger partial charge in [-0.05, 0) is 0 Å². The van der Waals surface area contributed by atoms with Crippen molar-refractivity contribution < 1.29 is 106 Å². The molecule has 0 fully saturated rings. The molecule has 0 amide bonds. The fourth-order valence-electron chi connectivity index (χ4n) is 0.957. The second kappa shape index (κ2) is 15.2. The van der Waals surface area contributed by atoms with E-state index >= 15 is 0 Å². The van der Waals surface area contributed by atoms with E-state index < -0.39 is 62.0 Å². The van der Waals surface area contributed by atoms with Crippen LogP contribution < -0.4 is 0 Å². The van der Waals surface area contributed by atoms with Gasteiger partial charge in [0.25, 0.3) is 0 Å². The molecule has 0 spiro atoms. The number of alkyl halides is 12. The Balaban J connectivity index is -0.0000000847. The van der Waals surface area contributed by atoms with Crippen LogP contribution >= 0.6 is 0 Å². The van der Waals surface area contributed by atoms with Crippen LogP contribution in [0.3, 0.4) is 0 Å². The van der Waals surface area contributed by atoms with E-state index in [0.29, 0.717) is 0 Å². The molecular weight excluding hydrogens is 519 g/mol. The van der Waals surface area contributed by atoms with Gasteiger partial charge in [-0.2, -0.15) is 52.7 Å². The van der Waals surface area contributed by atoms with Gasteiger partial charge in [-0.3, -0.25) is 0 Å². The molecule has 0 aromatic rings. The summed E-state index contributed by atoms with van der Waals surface area (Å²) in [5.74, 6) is 0. The van der Waals surface area contributed by atoms with Crippen molar-refractivity contribution in [2.75, 3.05) is 0 Å². The standard InChI is InChI=1S/2C5H6F6O2.Ni.3H2O/c2*6-4(7,8)2(12)1-3(13)5(9,10)11;;;;/h2*2-3,12-13H,1H2;;3*1H2. The maximum atomic E-state index is 11.5. The van der Waals surface area contributed by atoms with Crippen LogP contribution in [-0.4, -0.2) is 86.0 Å². The predicted molar refractivity (Wildman–Crippen MR) is 68.3 cm³/mol. The van der Waals surface area contributed by atoms with Gasteiger partial charge in [0, 0.05) is 29.3 Å². The second-order valence-corrected chi connectivity index (χ2v) is 4.70. The summed E-state index contributed by atoms with van der Waals surface area (Å²) < 4.78 is 138. The molecule has 0 aromatic carbocycles. The molecule has 0 aliphatic carbocycles. The third kappa shape index (κ3) is 19.3. The Morgan fingerprint density at radius 2 is 0.500 bits per heavy atom. The van der Waals surface area contributed by atoms with Gasteiger partial charge in [0.1, 0.15) is 0 Å². The second-order valence-electron chi connectivity index (χ2n) is 4.70. The van der Waals surface area contributed by atoms with E-state index in [2.05, 4.69) is 0 Å². The Morgan fingerprint density at radius 1 is 0.400 bits per heavy atom. The zero-order valence-corrected chi connectivity index (χ0v) is 14.9. The zero-order chi connectivity index (χ0) is 21.7. The van der Waals surface area contributed by atoms with Crippen LogP contribution in [0.1, 0.15) is 12.8 Å². The van der Waals surface area contributed by atoms with Gasteiger partial charge in [-0.15, -0.1) is 0 Å². The van der Waals surface area contributed by atoms with Crippen LogP contribution in [0.5, 0.6) is 0 Å². The Bertz CT molecular complexity index is 338. The van der Waals surface area contributed by atoms with E-state index in [9.17, 15) is 52.7 Å². The van der Waals surface area contributed by atoms with Crippen molar-refractivity contribution in [2.45, 2.75) is 62.0 Å². The molecule has 10 N–H and O–H groups in total. The predicted octanol–water partition coefficient (Wildman–Crippen LogP) is -0.0308. The minimum Gasteiger partial charge on any atom is -0.412 e. The van der Waals surface area contributed by atoms with Crippen molar-refractivity contribution in [1.82, 2.24) is 0 Å². The average Bonchev–Trinajstić information content (AvgIpc) is 2.34. The first-order valence-electron chi connectivity index (χ1n) is 6.09. The minimum absolute atomic E-state index is 0. The Kier molecular flexibility index (Phi) is 22.0. The van der Waals surface area contributed by atoms with Crippen LogP contribution in [0.4, 0.5) is 52.7 Å². The van der Waals surface area contributed by atoms with Gasteiger partial charge in [0.15, 0.2) is 24.4 Å². The summed E-state index contributed by atoms with van der Waals surface area (Å²) in [6, 6.07) is 0. The normalized spacial score (nSPS) is 16.0. The quantitative estimate of drug-likeness (QED) is 0.291. The topological polar surface area (TPSA) is 175 Å². The molecule has 0 aliphatic rings. The van der Waals surface area contributed by atoms with E-state index in [0.717, 1.165) is 0 Å². The molecule has 0 heterocycles. The summed E-state index contributed by atoms with van der Waals surface area (Å²) >= 11 is 0. The van der Waals surface area contributed by atoms with E-state index in [1.165, 1.54) is 0 Å². The SMILES string of the molecule is O.O.O.OC(CC(O)C(F)(F)F)C(F)(F)F.OC(CC(O)C(F)(F)F)C(F)(F)F.[Ni]. The minimum atomic E-state index is -5.15. The van der Waals surface area contributed by atoms with E-state index in [-0.39, 0.29) is 32.9 Å². The van der Waals surface area contributed by atoms with Gasteiger partial charge < -0.3 is 36.9 Å². The summed E-state index contributed by atoms with van der Waals surface area (Å²) in [5, 5.41) is 32.5. The average molecular weight is 537 g/mol. The molecule has 0 rings (SSSR count). The number of rotatable bonds is 4. The summed E-state index contributed by atoms with van der Waals surface area (Å²) in [7, 11) is 0. The van der Waals surface area contributed by atoms with Crippen LogP contribution in [-0.2, 0) is 16.5 Å². The molecule has 0 radical (unpaired) electrons. The third-order valence-corrected chi connectivity index (χ3v) is 2.40. The first-order chi connectivity index (χ1) is 11.1. The molecule has 0 aliphatic heterocycles. The Morgan fingerprint density at radius 3 is 0.567 bits per heavy atom.